The smallest absolute Gasteiger partial charge is 0.237 e. The molecule has 1 saturated heterocycles. The molecule has 22 heavy (non-hydrogen) atoms. The summed E-state index contributed by atoms with van der Waals surface area (Å²) in [6.45, 7) is 2.51. The quantitative estimate of drug-likeness (QED) is 0.903. The lowest BCUT2D eigenvalue weighted by molar-refractivity contribution is -0.126. The highest BCUT2D eigenvalue weighted by atomic mass is 35.5. The Bertz CT molecular complexity index is 539. The zero-order chi connectivity index (χ0) is 16.3. The largest absolute Gasteiger partial charge is 0.371 e. The molecule has 1 fully saturated rings. The number of amides is 1. The van der Waals surface area contributed by atoms with Crippen LogP contribution in [0.2, 0.25) is 5.02 Å². The van der Waals surface area contributed by atoms with Crippen molar-refractivity contribution in [3.8, 4) is 0 Å². The molecule has 6 heteroatoms. The molecule has 3 atom stereocenters. The van der Waals surface area contributed by atoms with Gasteiger partial charge in [-0.3, -0.25) is 9.69 Å². The summed E-state index contributed by atoms with van der Waals surface area (Å²) in [7, 11) is 3.76. The van der Waals surface area contributed by atoms with E-state index in [1.54, 1.807) is 6.07 Å². The normalized spacial score (nSPS) is 22.8. The second-order valence-electron chi connectivity index (χ2n) is 5.76. The number of nitrogens with one attached hydrogen (secondary N) is 1. The first-order chi connectivity index (χ1) is 10.4. The lowest BCUT2D eigenvalue weighted by Gasteiger charge is -2.26. The topological polar surface area (TPSA) is 41.6 Å². The number of carbonyl (C=O) groups excluding carboxylic acids is 1. The van der Waals surface area contributed by atoms with Crippen LogP contribution in [0.15, 0.2) is 18.2 Å². The zero-order valence-corrected chi connectivity index (χ0v) is 13.9. The van der Waals surface area contributed by atoms with Gasteiger partial charge in [0.2, 0.25) is 5.91 Å². The molecule has 2 rings (SSSR count). The van der Waals surface area contributed by atoms with Crippen LogP contribution in [0.25, 0.3) is 0 Å². The molecular weight excluding hydrogens is 307 g/mol. The number of carbonyl (C=O) groups is 1. The maximum atomic E-state index is 13.6. The third-order valence-corrected chi connectivity index (χ3v) is 4.31. The fourth-order valence-electron chi connectivity index (χ4n) is 2.82. The molecule has 1 aliphatic heterocycles. The minimum absolute atomic E-state index is 0.0255. The van der Waals surface area contributed by atoms with Crippen LogP contribution >= 0.6 is 11.6 Å². The summed E-state index contributed by atoms with van der Waals surface area (Å²) >= 11 is 5.71. The van der Waals surface area contributed by atoms with Gasteiger partial charge < -0.3 is 10.1 Å². The van der Waals surface area contributed by atoms with Crippen molar-refractivity contribution in [3.05, 3.63) is 34.6 Å². The summed E-state index contributed by atoms with van der Waals surface area (Å²) in [5.74, 6) is -0.498. The SMILES string of the molecule is CC[C@H](C(=O)N[C@@H]1CCO[C@@H]1c1ccc(Cl)c(F)c1)N(C)C. The van der Waals surface area contributed by atoms with E-state index >= 15 is 0 Å². The number of hydrogen-bond donors (Lipinski definition) is 1. The molecule has 1 N–H and O–H groups in total. The van der Waals surface area contributed by atoms with Gasteiger partial charge in [0.05, 0.1) is 17.1 Å². The summed E-state index contributed by atoms with van der Waals surface area (Å²) in [6, 6.07) is 4.30. The van der Waals surface area contributed by atoms with Crippen molar-refractivity contribution >= 4 is 17.5 Å². The van der Waals surface area contributed by atoms with Crippen molar-refractivity contribution in [1.29, 1.82) is 0 Å². The molecule has 1 amide bonds. The van der Waals surface area contributed by atoms with Gasteiger partial charge in [-0.15, -0.1) is 0 Å². The fourth-order valence-corrected chi connectivity index (χ4v) is 2.94. The van der Waals surface area contributed by atoms with Crippen molar-refractivity contribution < 1.29 is 13.9 Å². The van der Waals surface area contributed by atoms with Crippen LogP contribution in [0.4, 0.5) is 4.39 Å². The fraction of sp³-hybridized carbons (Fsp3) is 0.562. The predicted octanol–water partition coefficient (Wildman–Crippen LogP) is 2.77. The summed E-state index contributed by atoms with van der Waals surface area (Å²) in [5, 5.41) is 3.12. The molecule has 0 aromatic heterocycles. The summed E-state index contributed by atoms with van der Waals surface area (Å²) in [4.78, 5) is 14.3. The van der Waals surface area contributed by atoms with Gasteiger partial charge in [-0.05, 0) is 44.6 Å². The predicted molar refractivity (Wildman–Crippen MR) is 84.4 cm³/mol. The van der Waals surface area contributed by atoms with Crippen molar-refractivity contribution in [1.82, 2.24) is 10.2 Å². The molecule has 0 unspecified atom stereocenters. The highest BCUT2D eigenvalue weighted by Crippen LogP contribution is 2.31. The molecule has 1 aromatic carbocycles. The monoisotopic (exact) mass is 328 g/mol. The standard InChI is InChI=1S/C16H22ClFN2O2/c1-4-14(20(2)3)16(21)19-13-7-8-22-15(13)10-5-6-11(17)12(18)9-10/h5-6,9,13-15H,4,7-8H2,1-3H3,(H,19,21)/t13-,14-,15-/m1/s1. The van der Waals surface area contributed by atoms with Gasteiger partial charge in [0.1, 0.15) is 11.9 Å². The molecule has 1 heterocycles. The van der Waals surface area contributed by atoms with Crippen molar-refractivity contribution in [2.24, 2.45) is 0 Å². The summed E-state index contributed by atoms with van der Waals surface area (Å²) < 4.78 is 19.3. The maximum absolute atomic E-state index is 13.6. The van der Waals surface area contributed by atoms with E-state index in [4.69, 9.17) is 16.3 Å². The third kappa shape index (κ3) is 3.77. The number of ether oxygens (including phenoxy) is 1. The molecule has 1 aliphatic rings. The Morgan fingerprint density at radius 1 is 1.55 bits per heavy atom. The molecule has 0 saturated carbocycles. The number of nitrogens with zero attached hydrogens (tertiary/aromatic N) is 1. The van der Waals surface area contributed by atoms with Crippen LogP contribution in [-0.4, -0.2) is 43.6 Å². The van der Waals surface area contributed by atoms with E-state index in [1.807, 2.05) is 25.9 Å². The van der Waals surface area contributed by atoms with E-state index in [9.17, 15) is 9.18 Å². The Morgan fingerprint density at radius 3 is 2.86 bits per heavy atom. The van der Waals surface area contributed by atoms with Crippen LogP contribution in [0, 0.1) is 5.82 Å². The third-order valence-electron chi connectivity index (χ3n) is 4.00. The Balaban J connectivity index is 2.10. The molecule has 0 aliphatic carbocycles. The molecular formula is C16H22ClFN2O2. The number of rotatable bonds is 5. The van der Waals surface area contributed by atoms with Gasteiger partial charge in [-0.2, -0.15) is 0 Å². The average Bonchev–Trinajstić information content (AvgIpc) is 2.90. The second kappa shape index (κ2) is 7.40. The van der Waals surface area contributed by atoms with E-state index in [1.165, 1.54) is 12.1 Å². The number of likely N-dealkylation sites (N-methyl/N-ethyl adjacent to an activating group) is 1. The Kier molecular flexibility index (Phi) is 5.78. The Labute approximate surface area is 135 Å². The van der Waals surface area contributed by atoms with Gasteiger partial charge in [0.25, 0.3) is 0 Å². The van der Waals surface area contributed by atoms with Crippen LogP contribution in [0.1, 0.15) is 31.4 Å². The van der Waals surface area contributed by atoms with Gasteiger partial charge in [0.15, 0.2) is 0 Å². The van der Waals surface area contributed by atoms with E-state index < -0.39 is 5.82 Å². The number of benzene rings is 1. The Hall–Kier alpha value is -1.17. The van der Waals surface area contributed by atoms with Crippen molar-refractivity contribution in [2.45, 2.75) is 38.0 Å². The molecule has 1 aromatic rings. The first kappa shape index (κ1) is 17.2. The lowest BCUT2D eigenvalue weighted by atomic mass is 10.0. The molecule has 0 spiro atoms. The number of halogens is 2. The summed E-state index contributed by atoms with van der Waals surface area (Å²) in [6.07, 6.45) is 1.10. The van der Waals surface area contributed by atoms with Gasteiger partial charge in [0, 0.05) is 6.61 Å². The van der Waals surface area contributed by atoms with Crippen LogP contribution < -0.4 is 5.32 Å². The maximum Gasteiger partial charge on any atom is 0.237 e. The minimum Gasteiger partial charge on any atom is -0.371 e. The van der Waals surface area contributed by atoms with Gasteiger partial charge in [-0.1, -0.05) is 24.6 Å². The number of hydrogen-bond acceptors (Lipinski definition) is 3. The lowest BCUT2D eigenvalue weighted by Crippen LogP contribution is -2.47. The van der Waals surface area contributed by atoms with E-state index in [2.05, 4.69) is 5.32 Å². The van der Waals surface area contributed by atoms with Crippen LogP contribution in [0.5, 0.6) is 0 Å². The Morgan fingerprint density at radius 2 is 2.27 bits per heavy atom. The van der Waals surface area contributed by atoms with Crippen molar-refractivity contribution in [2.75, 3.05) is 20.7 Å². The second-order valence-corrected chi connectivity index (χ2v) is 6.16. The van der Waals surface area contributed by atoms with Crippen LogP contribution in [0.3, 0.4) is 0 Å². The highest BCUT2D eigenvalue weighted by molar-refractivity contribution is 6.30. The first-order valence-electron chi connectivity index (χ1n) is 7.47. The highest BCUT2D eigenvalue weighted by Gasteiger charge is 2.33. The van der Waals surface area contributed by atoms with Crippen molar-refractivity contribution in [3.63, 3.8) is 0 Å². The molecule has 122 valence electrons. The van der Waals surface area contributed by atoms with Crippen LogP contribution in [-0.2, 0) is 9.53 Å². The minimum atomic E-state index is -0.473. The van der Waals surface area contributed by atoms with Gasteiger partial charge >= 0.3 is 0 Å². The molecule has 0 bridgehead atoms. The molecule has 0 radical (unpaired) electrons. The van der Waals surface area contributed by atoms with E-state index in [0.29, 0.717) is 18.6 Å². The molecule has 4 nitrogen and oxygen atoms in total. The first-order valence-corrected chi connectivity index (χ1v) is 7.85. The average molecular weight is 329 g/mol. The van der Waals surface area contributed by atoms with E-state index in [-0.39, 0.29) is 29.1 Å². The van der Waals surface area contributed by atoms with E-state index in [0.717, 1.165) is 6.42 Å². The zero-order valence-electron chi connectivity index (χ0n) is 13.1. The summed E-state index contributed by atoms with van der Waals surface area (Å²) in [5.41, 5.74) is 0.697. The van der Waals surface area contributed by atoms with Gasteiger partial charge in [-0.25, -0.2) is 4.39 Å².